The molecule has 0 saturated heterocycles. The third-order valence-corrected chi connectivity index (χ3v) is 2.74. The number of hydrogen-bond acceptors (Lipinski definition) is 4. The quantitative estimate of drug-likeness (QED) is 0.651. The normalized spacial score (nSPS) is 24.2. The molecule has 1 heterocycles. The molecule has 1 aliphatic rings. The van der Waals surface area contributed by atoms with E-state index >= 15 is 0 Å². The largest absolute Gasteiger partial charge is 0.404 e. The maximum atomic E-state index is 8.57. The Morgan fingerprint density at radius 1 is 1.58 bits per heavy atom. The van der Waals surface area contributed by atoms with Crippen LogP contribution in [-0.4, -0.2) is 5.25 Å². The van der Waals surface area contributed by atoms with E-state index in [-0.39, 0.29) is 5.25 Å². The lowest BCUT2D eigenvalue weighted by Crippen LogP contribution is -2.08. The molecule has 60 valence electrons. The van der Waals surface area contributed by atoms with E-state index in [1.165, 1.54) is 18.0 Å². The predicted molar refractivity (Wildman–Crippen MR) is 47.5 cm³/mol. The van der Waals surface area contributed by atoms with Gasteiger partial charge in [-0.15, -0.1) is 11.8 Å². The molecule has 3 nitrogen and oxygen atoms in total. The van der Waals surface area contributed by atoms with E-state index in [1.54, 1.807) is 0 Å². The minimum Gasteiger partial charge on any atom is -0.404 e. The lowest BCUT2D eigenvalue weighted by molar-refractivity contribution is 0.887. The second-order valence-corrected chi connectivity index (χ2v) is 3.50. The smallest absolute Gasteiger partial charge is 0.148 e. The maximum Gasteiger partial charge on any atom is 0.148 e. The van der Waals surface area contributed by atoms with Gasteiger partial charge in [-0.05, 0) is 6.08 Å². The topological polar surface area (TPSA) is 73.6 Å². The monoisotopic (exact) mass is 177 g/mol. The molecule has 0 aliphatic carbocycles. The molecule has 1 unspecified atom stereocenters. The second-order valence-electron chi connectivity index (χ2n) is 2.25. The summed E-state index contributed by atoms with van der Waals surface area (Å²) in [5, 5.41) is 17.1. The van der Waals surface area contributed by atoms with Crippen LogP contribution >= 0.6 is 11.8 Å². The SMILES string of the molecule is N#CC(C#N)C1C=C/C(=C/N)S1. The minimum atomic E-state index is -0.580. The van der Waals surface area contributed by atoms with Crippen LogP contribution in [0.2, 0.25) is 0 Å². The van der Waals surface area contributed by atoms with Crippen molar-refractivity contribution in [3.63, 3.8) is 0 Å². The van der Waals surface area contributed by atoms with Gasteiger partial charge in [0, 0.05) is 11.1 Å². The van der Waals surface area contributed by atoms with Gasteiger partial charge in [-0.1, -0.05) is 6.08 Å². The Labute approximate surface area is 75.2 Å². The van der Waals surface area contributed by atoms with Crippen molar-refractivity contribution in [2.24, 2.45) is 11.7 Å². The molecule has 0 aromatic carbocycles. The first-order valence-corrected chi connectivity index (χ1v) is 4.25. The van der Waals surface area contributed by atoms with E-state index in [1.807, 2.05) is 24.3 Å². The van der Waals surface area contributed by atoms with Crippen molar-refractivity contribution in [2.45, 2.75) is 5.25 Å². The van der Waals surface area contributed by atoms with E-state index in [4.69, 9.17) is 16.3 Å². The van der Waals surface area contributed by atoms with Crippen molar-refractivity contribution in [2.75, 3.05) is 0 Å². The zero-order valence-corrected chi connectivity index (χ0v) is 7.08. The van der Waals surface area contributed by atoms with Gasteiger partial charge in [0.25, 0.3) is 0 Å². The molecule has 12 heavy (non-hydrogen) atoms. The molecule has 0 aromatic rings. The molecule has 0 fully saturated rings. The first kappa shape index (κ1) is 8.70. The molecular formula is C8H7N3S. The van der Waals surface area contributed by atoms with E-state index < -0.39 is 5.92 Å². The Morgan fingerprint density at radius 2 is 2.25 bits per heavy atom. The Bertz CT molecular complexity index is 291. The standard InChI is InChI=1S/C8H7N3S/c9-3-6(4-10)8-2-1-7(5-11)12-8/h1-2,5-6,8H,11H2/b7-5-. The van der Waals surface area contributed by atoms with Crippen molar-refractivity contribution >= 4 is 11.8 Å². The van der Waals surface area contributed by atoms with Crippen molar-refractivity contribution in [1.29, 1.82) is 10.5 Å². The van der Waals surface area contributed by atoms with Crippen molar-refractivity contribution in [1.82, 2.24) is 0 Å². The molecular weight excluding hydrogens is 170 g/mol. The van der Waals surface area contributed by atoms with Crippen LogP contribution in [0, 0.1) is 28.6 Å². The van der Waals surface area contributed by atoms with Gasteiger partial charge in [0.05, 0.1) is 17.4 Å². The first-order valence-electron chi connectivity index (χ1n) is 3.38. The van der Waals surface area contributed by atoms with Crippen molar-refractivity contribution in [3.05, 3.63) is 23.3 Å². The molecule has 1 atom stereocenters. The highest BCUT2D eigenvalue weighted by Crippen LogP contribution is 2.34. The summed E-state index contributed by atoms with van der Waals surface area (Å²) in [6, 6.07) is 3.87. The molecule has 0 amide bonds. The predicted octanol–water partition coefficient (Wildman–Crippen LogP) is 1.12. The summed E-state index contributed by atoms with van der Waals surface area (Å²) >= 11 is 1.45. The summed E-state index contributed by atoms with van der Waals surface area (Å²) < 4.78 is 0. The highest BCUT2D eigenvalue weighted by atomic mass is 32.2. The number of rotatable bonds is 1. The van der Waals surface area contributed by atoms with Gasteiger partial charge < -0.3 is 5.73 Å². The summed E-state index contributed by atoms with van der Waals surface area (Å²) in [6.07, 6.45) is 5.14. The molecule has 0 aromatic heterocycles. The fourth-order valence-corrected chi connectivity index (χ4v) is 1.84. The van der Waals surface area contributed by atoms with E-state index in [9.17, 15) is 0 Å². The first-order chi connectivity index (χ1) is 5.81. The summed E-state index contributed by atoms with van der Waals surface area (Å²) in [7, 11) is 0. The fraction of sp³-hybridized carbons (Fsp3) is 0.250. The number of nitrogens with two attached hydrogens (primary N) is 1. The third-order valence-electron chi connectivity index (χ3n) is 1.49. The second kappa shape index (κ2) is 3.85. The number of nitriles is 2. The van der Waals surface area contributed by atoms with Gasteiger partial charge in [-0.3, -0.25) is 0 Å². The summed E-state index contributed by atoms with van der Waals surface area (Å²) in [4.78, 5) is 0.913. The van der Waals surface area contributed by atoms with Gasteiger partial charge in [0.15, 0.2) is 0 Å². The molecule has 0 radical (unpaired) electrons. The van der Waals surface area contributed by atoms with E-state index in [0.29, 0.717) is 0 Å². The van der Waals surface area contributed by atoms with E-state index in [0.717, 1.165) is 4.91 Å². The van der Waals surface area contributed by atoms with Crippen molar-refractivity contribution in [3.8, 4) is 12.1 Å². The average molecular weight is 177 g/mol. The zero-order valence-electron chi connectivity index (χ0n) is 6.27. The molecule has 1 rings (SSSR count). The summed E-state index contributed by atoms with van der Waals surface area (Å²) in [5.41, 5.74) is 5.28. The zero-order chi connectivity index (χ0) is 8.97. The van der Waals surface area contributed by atoms with E-state index in [2.05, 4.69) is 0 Å². The average Bonchev–Trinajstić information content (AvgIpc) is 2.55. The highest BCUT2D eigenvalue weighted by molar-refractivity contribution is 8.04. The lowest BCUT2D eigenvalue weighted by atomic mass is 10.1. The molecule has 0 saturated carbocycles. The van der Waals surface area contributed by atoms with Gasteiger partial charge >= 0.3 is 0 Å². The number of nitrogens with zero attached hydrogens (tertiary/aromatic N) is 2. The van der Waals surface area contributed by atoms with Gasteiger partial charge in [0.2, 0.25) is 0 Å². The Morgan fingerprint density at radius 3 is 2.67 bits per heavy atom. The molecule has 2 N–H and O–H groups in total. The van der Waals surface area contributed by atoms with Crippen LogP contribution < -0.4 is 5.73 Å². The van der Waals surface area contributed by atoms with Gasteiger partial charge in [-0.25, -0.2) is 0 Å². The van der Waals surface area contributed by atoms with Crippen molar-refractivity contribution < 1.29 is 0 Å². The third kappa shape index (κ3) is 1.61. The number of allylic oxidation sites excluding steroid dienone is 1. The van der Waals surface area contributed by atoms with Crippen LogP contribution in [0.15, 0.2) is 23.3 Å². The Balaban J connectivity index is 2.68. The van der Waals surface area contributed by atoms with Crippen LogP contribution in [-0.2, 0) is 0 Å². The Kier molecular flexibility index (Phi) is 2.79. The molecule has 0 spiro atoms. The molecule has 1 aliphatic heterocycles. The number of hydrogen-bond donors (Lipinski definition) is 1. The summed E-state index contributed by atoms with van der Waals surface area (Å²) in [6.45, 7) is 0. The summed E-state index contributed by atoms with van der Waals surface area (Å²) in [5.74, 6) is -0.580. The maximum absolute atomic E-state index is 8.57. The Hall–Kier alpha value is -1.39. The van der Waals surface area contributed by atoms with Crippen LogP contribution in [0.5, 0.6) is 0 Å². The van der Waals surface area contributed by atoms with Crippen LogP contribution in [0.1, 0.15) is 0 Å². The minimum absolute atomic E-state index is 0.0604. The van der Waals surface area contributed by atoms with Crippen LogP contribution in [0.4, 0.5) is 0 Å². The van der Waals surface area contributed by atoms with Gasteiger partial charge in [-0.2, -0.15) is 10.5 Å². The number of thioether (sulfide) groups is 1. The highest BCUT2D eigenvalue weighted by Gasteiger charge is 2.23. The molecule has 4 heteroatoms. The lowest BCUT2D eigenvalue weighted by Gasteiger charge is -2.05. The van der Waals surface area contributed by atoms with Crippen LogP contribution in [0.25, 0.3) is 0 Å². The van der Waals surface area contributed by atoms with Gasteiger partial charge in [0.1, 0.15) is 5.92 Å². The van der Waals surface area contributed by atoms with Crippen LogP contribution in [0.3, 0.4) is 0 Å². The fourth-order valence-electron chi connectivity index (χ4n) is 0.875. The molecule has 0 bridgehead atoms.